The molecule has 116 valence electrons. The first-order valence-electron chi connectivity index (χ1n) is 7.11. The van der Waals surface area contributed by atoms with Gasteiger partial charge in [-0.3, -0.25) is 14.3 Å². The van der Waals surface area contributed by atoms with Crippen molar-refractivity contribution in [2.24, 2.45) is 12.8 Å². The number of primary amides is 1. The van der Waals surface area contributed by atoms with Gasteiger partial charge in [-0.2, -0.15) is 5.10 Å². The fraction of sp³-hybridized carbons (Fsp3) is 0.429. The second-order valence-corrected chi connectivity index (χ2v) is 6.40. The molecule has 22 heavy (non-hydrogen) atoms. The summed E-state index contributed by atoms with van der Waals surface area (Å²) >= 11 is 1.27. The third-order valence-electron chi connectivity index (χ3n) is 3.77. The van der Waals surface area contributed by atoms with Crippen molar-refractivity contribution in [2.45, 2.75) is 25.3 Å². The van der Waals surface area contributed by atoms with Crippen LogP contribution in [0.15, 0.2) is 18.6 Å². The lowest BCUT2D eigenvalue weighted by Gasteiger charge is -2.34. The van der Waals surface area contributed by atoms with Crippen LogP contribution in [0.25, 0.3) is 0 Å². The van der Waals surface area contributed by atoms with Gasteiger partial charge in [0, 0.05) is 19.8 Å². The zero-order chi connectivity index (χ0) is 15.7. The number of rotatable bonds is 3. The molecule has 2 N–H and O–H groups in total. The molecule has 0 spiro atoms. The molecule has 1 saturated heterocycles. The summed E-state index contributed by atoms with van der Waals surface area (Å²) < 4.78 is 1.61. The summed E-state index contributed by atoms with van der Waals surface area (Å²) in [5.74, 6) is -0.529. The number of carbonyl (C=O) groups excluding carboxylic acids is 2. The van der Waals surface area contributed by atoms with Gasteiger partial charge in [0.2, 0.25) is 0 Å². The number of aromatic nitrogens is 3. The van der Waals surface area contributed by atoms with Gasteiger partial charge in [-0.05, 0) is 19.3 Å². The van der Waals surface area contributed by atoms with Crippen LogP contribution >= 0.6 is 11.3 Å². The Morgan fingerprint density at radius 2 is 2.18 bits per heavy atom. The van der Waals surface area contributed by atoms with Crippen LogP contribution in [0.4, 0.5) is 0 Å². The van der Waals surface area contributed by atoms with Crippen molar-refractivity contribution < 1.29 is 9.59 Å². The summed E-state index contributed by atoms with van der Waals surface area (Å²) in [6.45, 7) is 0.684. The van der Waals surface area contributed by atoms with Gasteiger partial charge in [0.1, 0.15) is 9.88 Å². The Morgan fingerprint density at radius 3 is 2.82 bits per heavy atom. The van der Waals surface area contributed by atoms with E-state index in [0.29, 0.717) is 17.0 Å². The molecule has 0 aromatic carbocycles. The highest BCUT2D eigenvalue weighted by Crippen LogP contribution is 2.34. The van der Waals surface area contributed by atoms with E-state index in [0.717, 1.165) is 24.3 Å². The zero-order valence-corrected chi connectivity index (χ0v) is 13.0. The molecule has 7 nitrogen and oxygen atoms in total. The smallest absolute Gasteiger partial charge is 0.260 e. The lowest BCUT2D eigenvalue weighted by atomic mass is 10.0. The largest absolute Gasteiger partial charge is 0.365 e. The number of hydrogen-bond donors (Lipinski definition) is 1. The SMILES string of the molecule is Cn1cc(C(=O)N2CCCC[C@H]2c2ncc(C(N)=O)s2)cn1. The number of nitrogens with zero attached hydrogens (tertiary/aromatic N) is 4. The van der Waals surface area contributed by atoms with Crippen LogP contribution in [0.3, 0.4) is 0 Å². The molecule has 0 bridgehead atoms. The van der Waals surface area contributed by atoms with Crippen molar-refractivity contribution in [3.8, 4) is 0 Å². The molecule has 0 aliphatic carbocycles. The molecule has 3 rings (SSSR count). The fourth-order valence-electron chi connectivity index (χ4n) is 2.68. The molecule has 3 heterocycles. The average Bonchev–Trinajstić information content (AvgIpc) is 3.15. The summed E-state index contributed by atoms with van der Waals surface area (Å²) in [7, 11) is 1.78. The van der Waals surface area contributed by atoms with Gasteiger partial charge in [0.15, 0.2) is 0 Å². The highest BCUT2D eigenvalue weighted by atomic mass is 32.1. The minimum absolute atomic E-state index is 0.0476. The molecule has 1 fully saturated rings. The number of aryl methyl sites for hydroxylation is 1. The van der Waals surface area contributed by atoms with Crippen LogP contribution in [-0.4, -0.2) is 38.0 Å². The molecular weight excluding hydrogens is 302 g/mol. The standard InChI is InChI=1S/C14H17N5O2S/c1-18-8-9(6-17-18)14(21)19-5-3-2-4-10(19)13-16-7-11(22-13)12(15)20/h6-8,10H,2-5H2,1H3,(H2,15,20)/t10-/m0/s1. The first-order valence-corrected chi connectivity index (χ1v) is 7.93. The number of hydrogen-bond acceptors (Lipinski definition) is 5. The number of nitrogens with two attached hydrogens (primary N) is 1. The Labute approximate surface area is 131 Å². The summed E-state index contributed by atoms with van der Waals surface area (Å²) in [5, 5.41) is 4.82. The third-order valence-corrected chi connectivity index (χ3v) is 4.88. The van der Waals surface area contributed by atoms with E-state index in [1.54, 1.807) is 24.1 Å². The summed E-state index contributed by atoms with van der Waals surface area (Å²) in [6, 6.07) is -0.0976. The normalized spacial score (nSPS) is 18.4. The van der Waals surface area contributed by atoms with E-state index >= 15 is 0 Å². The molecule has 2 amide bonds. The van der Waals surface area contributed by atoms with Crippen LogP contribution in [0, 0.1) is 0 Å². The van der Waals surface area contributed by atoms with Crippen LogP contribution in [0.1, 0.15) is 50.3 Å². The van der Waals surface area contributed by atoms with Crippen molar-refractivity contribution in [1.82, 2.24) is 19.7 Å². The van der Waals surface area contributed by atoms with Crippen LogP contribution in [0.2, 0.25) is 0 Å². The first-order chi connectivity index (χ1) is 10.6. The summed E-state index contributed by atoms with van der Waals surface area (Å²) in [5.41, 5.74) is 5.86. The lowest BCUT2D eigenvalue weighted by molar-refractivity contribution is 0.0611. The Kier molecular flexibility index (Phi) is 3.93. The summed E-state index contributed by atoms with van der Waals surface area (Å²) in [4.78, 5) is 30.5. The number of amides is 2. The average molecular weight is 319 g/mol. The highest BCUT2D eigenvalue weighted by Gasteiger charge is 2.31. The second-order valence-electron chi connectivity index (χ2n) is 5.34. The number of carbonyl (C=O) groups is 2. The van der Waals surface area contributed by atoms with E-state index < -0.39 is 5.91 Å². The Morgan fingerprint density at radius 1 is 1.36 bits per heavy atom. The number of likely N-dealkylation sites (tertiary alicyclic amines) is 1. The molecule has 1 aliphatic heterocycles. The molecule has 0 saturated carbocycles. The lowest BCUT2D eigenvalue weighted by Crippen LogP contribution is -2.38. The van der Waals surface area contributed by atoms with Gasteiger partial charge < -0.3 is 10.6 Å². The van der Waals surface area contributed by atoms with Crippen molar-refractivity contribution >= 4 is 23.2 Å². The van der Waals surface area contributed by atoms with Gasteiger partial charge in [0.25, 0.3) is 11.8 Å². The molecule has 8 heteroatoms. The van der Waals surface area contributed by atoms with E-state index in [1.165, 1.54) is 17.5 Å². The molecule has 0 radical (unpaired) electrons. The van der Waals surface area contributed by atoms with Gasteiger partial charge in [-0.1, -0.05) is 0 Å². The van der Waals surface area contributed by atoms with Crippen LogP contribution in [0.5, 0.6) is 0 Å². The molecular formula is C14H17N5O2S. The van der Waals surface area contributed by atoms with Crippen molar-refractivity contribution in [1.29, 1.82) is 0 Å². The minimum atomic E-state index is -0.482. The quantitative estimate of drug-likeness (QED) is 0.923. The zero-order valence-electron chi connectivity index (χ0n) is 12.2. The summed E-state index contributed by atoms with van der Waals surface area (Å²) in [6.07, 6.45) is 7.63. The van der Waals surface area contributed by atoms with E-state index in [1.807, 2.05) is 4.90 Å². The molecule has 1 aliphatic rings. The Balaban J connectivity index is 1.87. The van der Waals surface area contributed by atoms with Gasteiger partial charge in [-0.25, -0.2) is 4.98 Å². The predicted octanol–water partition coefficient (Wildman–Crippen LogP) is 1.34. The first kappa shape index (κ1) is 14.7. The highest BCUT2D eigenvalue weighted by molar-refractivity contribution is 7.13. The fourth-order valence-corrected chi connectivity index (χ4v) is 3.60. The number of piperidine rings is 1. The second kappa shape index (κ2) is 5.88. The minimum Gasteiger partial charge on any atom is -0.365 e. The molecule has 2 aromatic rings. The van der Waals surface area contributed by atoms with Gasteiger partial charge >= 0.3 is 0 Å². The van der Waals surface area contributed by atoms with E-state index in [4.69, 9.17) is 5.73 Å². The number of thiazole rings is 1. The maximum absolute atomic E-state index is 12.7. The predicted molar refractivity (Wildman–Crippen MR) is 81.5 cm³/mol. The molecule has 2 aromatic heterocycles. The molecule has 1 atom stereocenters. The van der Waals surface area contributed by atoms with Gasteiger partial charge in [-0.15, -0.1) is 11.3 Å². The van der Waals surface area contributed by atoms with Crippen LogP contribution in [-0.2, 0) is 7.05 Å². The molecule has 0 unspecified atom stereocenters. The topological polar surface area (TPSA) is 94.1 Å². The van der Waals surface area contributed by atoms with Crippen molar-refractivity contribution in [3.63, 3.8) is 0 Å². The van der Waals surface area contributed by atoms with E-state index in [9.17, 15) is 9.59 Å². The third kappa shape index (κ3) is 2.74. The van der Waals surface area contributed by atoms with E-state index in [-0.39, 0.29) is 11.9 Å². The Bertz CT molecular complexity index is 708. The van der Waals surface area contributed by atoms with Crippen molar-refractivity contribution in [2.75, 3.05) is 6.54 Å². The maximum atomic E-state index is 12.7. The van der Waals surface area contributed by atoms with Crippen molar-refractivity contribution in [3.05, 3.63) is 34.0 Å². The Hall–Kier alpha value is -2.22. The van der Waals surface area contributed by atoms with Gasteiger partial charge in [0.05, 0.1) is 24.0 Å². The van der Waals surface area contributed by atoms with E-state index in [2.05, 4.69) is 10.1 Å². The van der Waals surface area contributed by atoms with Crippen LogP contribution < -0.4 is 5.73 Å². The maximum Gasteiger partial charge on any atom is 0.260 e. The monoisotopic (exact) mass is 319 g/mol.